The van der Waals surface area contributed by atoms with Crippen molar-refractivity contribution >= 4 is 17.6 Å². The van der Waals surface area contributed by atoms with Crippen LogP contribution in [0.1, 0.15) is 11.1 Å². The van der Waals surface area contributed by atoms with Crippen molar-refractivity contribution in [2.75, 3.05) is 7.11 Å². The summed E-state index contributed by atoms with van der Waals surface area (Å²) in [5.41, 5.74) is 0.949. The predicted molar refractivity (Wildman–Crippen MR) is 55.7 cm³/mol. The fourth-order valence-corrected chi connectivity index (χ4v) is 1.68. The zero-order valence-electron chi connectivity index (χ0n) is 8.37. The topological polar surface area (TPSA) is 66.8 Å². The maximum Gasteiger partial charge on any atom is 0.307 e. The van der Waals surface area contributed by atoms with Gasteiger partial charge < -0.3 is 14.9 Å². The molecule has 5 heteroatoms. The number of hydrogen-bond donors (Lipinski definition) is 2. The fourth-order valence-electron chi connectivity index (χ4n) is 1.35. The van der Waals surface area contributed by atoms with E-state index < -0.39 is 5.97 Å². The molecule has 15 heavy (non-hydrogen) atoms. The molecule has 0 saturated heterocycles. The van der Waals surface area contributed by atoms with Crippen LogP contribution < -0.4 is 4.74 Å². The molecule has 0 amide bonds. The van der Waals surface area contributed by atoms with Crippen molar-refractivity contribution in [3.63, 3.8) is 0 Å². The van der Waals surface area contributed by atoms with Crippen molar-refractivity contribution in [2.45, 2.75) is 13.3 Å². The van der Waals surface area contributed by atoms with Gasteiger partial charge >= 0.3 is 5.97 Å². The van der Waals surface area contributed by atoms with Crippen LogP contribution in [0.4, 0.5) is 0 Å². The van der Waals surface area contributed by atoms with Crippen LogP contribution in [0.3, 0.4) is 0 Å². The quantitative estimate of drug-likeness (QED) is 0.833. The van der Waals surface area contributed by atoms with Gasteiger partial charge in [0.25, 0.3) is 0 Å². The SMILES string of the molecule is COc1c(Cl)cc(C)c(CC(=O)O)c1O. The van der Waals surface area contributed by atoms with Gasteiger partial charge in [-0.05, 0) is 18.6 Å². The molecule has 0 aromatic heterocycles. The lowest BCUT2D eigenvalue weighted by atomic mass is 10.0. The van der Waals surface area contributed by atoms with Crippen molar-refractivity contribution in [2.24, 2.45) is 0 Å². The molecular weight excluding hydrogens is 220 g/mol. The molecule has 0 radical (unpaired) electrons. The first-order valence-electron chi connectivity index (χ1n) is 4.24. The maximum atomic E-state index is 10.6. The molecule has 0 fully saturated rings. The molecule has 1 aromatic carbocycles. The molecule has 82 valence electrons. The molecule has 1 rings (SSSR count). The van der Waals surface area contributed by atoms with E-state index in [9.17, 15) is 9.90 Å². The highest BCUT2D eigenvalue weighted by Crippen LogP contribution is 2.39. The minimum Gasteiger partial charge on any atom is -0.504 e. The minimum absolute atomic E-state index is 0.110. The highest BCUT2D eigenvalue weighted by Gasteiger charge is 2.17. The number of carboxylic acid groups (broad SMARTS) is 1. The molecule has 1 aromatic rings. The van der Waals surface area contributed by atoms with Crippen molar-refractivity contribution in [1.82, 2.24) is 0 Å². The lowest BCUT2D eigenvalue weighted by Crippen LogP contribution is -2.03. The van der Waals surface area contributed by atoms with Gasteiger partial charge in [0.2, 0.25) is 0 Å². The highest BCUT2D eigenvalue weighted by molar-refractivity contribution is 6.32. The first-order chi connectivity index (χ1) is 6.97. The Balaban J connectivity index is 3.32. The van der Waals surface area contributed by atoms with E-state index in [2.05, 4.69) is 0 Å². The number of aromatic hydroxyl groups is 1. The molecule has 0 atom stereocenters. The Labute approximate surface area is 92.1 Å². The largest absolute Gasteiger partial charge is 0.504 e. The van der Waals surface area contributed by atoms with E-state index >= 15 is 0 Å². The second-order valence-electron chi connectivity index (χ2n) is 3.11. The molecule has 0 spiro atoms. The summed E-state index contributed by atoms with van der Waals surface area (Å²) in [7, 11) is 1.36. The summed E-state index contributed by atoms with van der Waals surface area (Å²) in [6.45, 7) is 1.68. The average Bonchev–Trinajstić information content (AvgIpc) is 2.12. The van der Waals surface area contributed by atoms with Crippen LogP contribution in [0, 0.1) is 6.92 Å². The smallest absolute Gasteiger partial charge is 0.307 e. The fraction of sp³-hybridized carbons (Fsp3) is 0.300. The van der Waals surface area contributed by atoms with Crippen molar-refractivity contribution < 1.29 is 19.7 Å². The molecule has 4 nitrogen and oxygen atoms in total. The van der Waals surface area contributed by atoms with Crippen LogP contribution in [0.25, 0.3) is 0 Å². The van der Waals surface area contributed by atoms with Gasteiger partial charge in [-0.2, -0.15) is 0 Å². The Kier molecular flexibility index (Phi) is 3.42. The van der Waals surface area contributed by atoms with Gasteiger partial charge in [0, 0.05) is 5.56 Å². The third kappa shape index (κ3) is 2.33. The van der Waals surface area contributed by atoms with E-state index in [1.165, 1.54) is 7.11 Å². The molecule has 2 N–H and O–H groups in total. The number of ether oxygens (including phenoxy) is 1. The number of phenolic OH excluding ortho intramolecular Hbond substituents is 1. The molecule has 0 aliphatic rings. The number of phenols is 1. The Morgan fingerprint density at radius 1 is 1.60 bits per heavy atom. The zero-order chi connectivity index (χ0) is 11.6. The number of hydrogen-bond acceptors (Lipinski definition) is 3. The number of methoxy groups -OCH3 is 1. The summed E-state index contributed by atoms with van der Waals surface area (Å²) >= 11 is 5.81. The number of aliphatic carboxylic acids is 1. The van der Waals surface area contributed by atoms with Crippen molar-refractivity contribution in [1.29, 1.82) is 0 Å². The Bertz CT molecular complexity index is 401. The van der Waals surface area contributed by atoms with E-state index in [4.69, 9.17) is 21.4 Å². The van der Waals surface area contributed by atoms with Gasteiger partial charge in [-0.15, -0.1) is 0 Å². The number of carboxylic acids is 1. The predicted octanol–water partition coefficient (Wildman–Crippen LogP) is 1.99. The second-order valence-corrected chi connectivity index (χ2v) is 3.51. The molecule has 0 unspecified atom stereocenters. The third-order valence-electron chi connectivity index (χ3n) is 2.07. The van der Waals surface area contributed by atoms with Crippen molar-refractivity contribution in [3.05, 3.63) is 22.2 Å². The summed E-state index contributed by atoms with van der Waals surface area (Å²) in [6, 6.07) is 1.57. The Morgan fingerprint density at radius 3 is 2.67 bits per heavy atom. The number of halogens is 1. The van der Waals surface area contributed by atoms with Crippen LogP contribution in [-0.2, 0) is 11.2 Å². The van der Waals surface area contributed by atoms with Crippen LogP contribution in [-0.4, -0.2) is 23.3 Å². The van der Waals surface area contributed by atoms with Gasteiger partial charge in [-0.3, -0.25) is 4.79 Å². The summed E-state index contributed by atoms with van der Waals surface area (Å²) in [4.78, 5) is 10.6. The van der Waals surface area contributed by atoms with Gasteiger partial charge in [0.1, 0.15) is 0 Å². The summed E-state index contributed by atoms with van der Waals surface area (Å²) < 4.78 is 4.88. The Hall–Kier alpha value is -1.42. The minimum atomic E-state index is -1.02. The third-order valence-corrected chi connectivity index (χ3v) is 2.35. The zero-order valence-corrected chi connectivity index (χ0v) is 9.13. The standard InChI is InChI=1S/C10H11ClO4/c1-5-3-7(11)10(15-2)9(14)6(5)4-8(12)13/h3,14H,4H2,1-2H3,(H,12,13). The molecule has 0 heterocycles. The number of rotatable bonds is 3. The summed E-state index contributed by atoms with van der Waals surface area (Å²) in [6.07, 6.45) is -0.259. The molecule has 0 saturated carbocycles. The monoisotopic (exact) mass is 230 g/mol. The average molecular weight is 231 g/mol. The van der Waals surface area contributed by atoms with Crippen LogP contribution in [0.2, 0.25) is 5.02 Å². The number of aryl methyl sites for hydroxylation is 1. The molecule has 0 aliphatic carbocycles. The summed E-state index contributed by atoms with van der Waals surface area (Å²) in [5, 5.41) is 18.7. The molecular formula is C10H11ClO4. The number of carbonyl (C=O) groups is 1. The maximum absolute atomic E-state index is 10.6. The van der Waals surface area contributed by atoms with Gasteiger partial charge in [-0.25, -0.2) is 0 Å². The summed E-state index contributed by atoms with van der Waals surface area (Å²) in [5.74, 6) is -1.11. The van der Waals surface area contributed by atoms with E-state index in [-0.39, 0.29) is 22.9 Å². The normalized spacial score (nSPS) is 10.1. The van der Waals surface area contributed by atoms with Crippen LogP contribution >= 0.6 is 11.6 Å². The van der Waals surface area contributed by atoms with E-state index in [0.717, 1.165) is 0 Å². The lowest BCUT2D eigenvalue weighted by molar-refractivity contribution is -0.136. The van der Waals surface area contributed by atoms with Gasteiger partial charge in [-0.1, -0.05) is 11.6 Å². The van der Waals surface area contributed by atoms with E-state index in [1.54, 1.807) is 13.0 Å². The first-order valence-corrected chi connectivity index (χ1v) is 4.62. The van der Waals surface area contributed by atoms with Crippen LogP contribution in [0.15, 0.2) is 6.07 Å². The van der Waals surface area contributed by atoms with Crippen molar-refractivity contribution in [3.8, 4) is 11.5 Å². The van der Waals surface area contributed by atoms with Gasteiger partial charge in [0.05, 0.1) is 18.6 Å². The van der Waals surface area contributed by atoms with Gasteiger partial charge in [0.15, 0.2) is 11.5 Å². The van der Waals surface area contributed by atoms with Crippen LogP contribution in [0.5, 0.6) is 11.5 Å². The first kappa shape index (κ1) is 11.7. The lowest BCUT2D eigenvalue weighted by Gasteiger charge is -2.12. The van der Waals surface area contributed by atoms with E-state index in [1.807, 2.05) is 0 Å². The second kappa shape index (κ2) is 4.40. The molecule has 0 bridgehead atoms. The number of benzene rings is 1. The molecule has 0 aliphatic heterocycles. The Morgan fingerprint density at radius 2 is 2.20 bits per heavy atom. The highest BCUT2D eigenvalue weighted by atomic mass is 35.5. The van der Waals surface area contributed by atoms with E-state index in [0.29, 0.717) is 11.1 Å².